The van der Waals surface area contributed by atoms with Gasteiger partial charge in [0.25, 0.3) is 0 Å². The summed E-state index contributed by atoms with van der Waals surface area (Å²) in [6, 6.07) is -1.46. The van der Waals surface area contributed by atoms with Crippen molar-refractivity contribution in [1.82, 2.24) is 10.2 Å². The second kappa shape index (κ2) is 7.89. The van der Waals surface area contributed by atoms with E-state index in [0.717, 1.165) is 6.42 Å². The van der Waals surface area contributed by atoms with Gasteiger partial charge in [0.15, 0.2) is 0 Å². The van der Waals surface area contributed by atoms with E-state index in [1.807, 2.05) is 13.8 Å². The van der Waals surface area contributed by atoms with Crippen molar-refractivity contribution in [3.05, 3.63) is 0 Å². The van der Waals surface area contributed by atoms with Gasteiger partial charge in [-0.3, -0.25) is 0 Å². The van der Waals surface area contributed by atoms with Gasteiger partial charge in [-0.15, -0.1) is 0 Å². The van der Waals surface area contributed by atoms with Crippen LogP contribution >= 0.6 is 0 Å². The van der Waals surface area contributed by atoms with Gasteiger partial charge in [0.2, 0.25) is 0 Å². The lowest BCUT2D eigenvalue weighted by Gasteiger charge is -2.23. The number of rotatable bonds is 7. The summed E-state index contributed by atoms with van der Waals surface area (Å²) in [4.78, 5) is 23.9. The maximum Gasteiger partial charge on any atom is 0.326 e. The molecule has 0 aromatic heterocycles. The Morgan fingerprint density at radius 2 is 2.00 bits per heavy atom. The molecule has 0 aliphatic rings. The van der Waals surface area contributed by atoms with Crippen LogP contribution in [0.1, 0.15) is 26.7 Å². The number of carbonyl (C=O) groups excluding carboxylic acids is 1. The van der Waals surface area contributed by atoms with E-state index < -0.39 is 18.0 Å². The van der Waals surface area contributed by atoms with Crippen LogP contribution < -0.4 is 5.32 Å². The second-order valence-corrected chi connectivity index (χ2v) is 4.25. The molecule has 6 heteroatoms. The molecule has 0 spiro atoms. The third-order valence-corrected chi connectivity index (χ3v) is 2.64. The van der Waals surface area contributed by atoms with E-state index in [4.69, 9.17) is 10.2 Å². The van der Waals surface area contributed by atoms with Gasteiger partial charge < -0.3 is 20.4 Å². The maximum atomic E-state index is 11.7. The third-order valence-electron chi connectivity index (χ3n) is 2.64. The molecule has 0 saturated carbocycles. The van der Waals surface area contributed by atoms with Crippen LogP contribution in [0.25, 0.3) is 0 Å². The first kappa shape index (κ1) is 15.7. The zero-order valence-corrected chi connectivity index (χ0v) is 10.6. The summed E-state index contributed by atoms with van der Waals surface area (Å²) in [6.45, 7) is 4.36. The Labute approximate surface area is 102 Å². The Morgan fingerprint density at radius 3 is 2.41 bits per heavy atom. The molecule has 0 bridgehead atoms. The van der Waals surface area contributed by atoms with Gasteiger partial charge in [0.1, 0.15) is 6.04 Å². The van der Waals surface area contributed by atoms with Crippen LogP contribution in [-0.4, -0.2) is 53.4 Å². The van der Waals surface area contributed by atoms with E-state index >= 15 is 0 Å². The lowest BCUT2D eigenvalue weighted by Crippen LogP contribution is -2.47. The smallest absolute Gasteiger partial charge is 0.326 e. The van der Waals surface area contributed by atoms with E-state index in [1.165, 1.54) is 4.90 Å². The molecule has 0 heterocycles. The quantitative estimate of drug-likeness (QED) is 0.610. The minimum absolute atomic E-state index is 0.0121. The molecule has 0 aliphatic heterocycles. The number of carbonyl (C=O) groups is 2. The highest BCUT2D eigenvalue weighted by atomic mass is 16.4. The molecule has 0 saturated heterocycles. The number of aliphatic hydroxyl groups is 1. The molecule has 3 N–H and O–H groups in total. The molecule has 0 rings (SSSR count). The number of carboxylic acids is 1. The predicted octanol–water partition coefficient (Wildman–Crippen LogP) is 0.509. The summed E-state index contributed by atoms with van der Waals surface area (Å²) in [7, 11) is 1.62. The van der Waals surface area contributed by atoms with Crippen molar-refractivity contribution in [2.24, 2.45) is 5.92 Å². The molecule has 0 fully saturated rings. The van der Waals surface area contributed by atoms with Crippen LogP contribution in [0.5, 0.6) is 0 Å². The highest BCUT2D eigenvalue weighted by Crippen LogP contribution is 2.03. The fourth-order valence-electron chi connectivity index (χ4n) is 1.33. The van der Waals surface area contributed by atoms with Crippen molar-refractivity contribution in [3.8, 4) is 0 Å². The molecular formula is C11H22N2O4. The molecule has 0 radical (unpaired) electrons. The van der Waals surface area contributed by atoms with E-state index in [0.29, 0.717) is 12.5 Å². The van der Waals surface area contributed by atoms with Gasteiger partial charge in [0, 0.05) is 26.6 Å². The largest absolute Gasteiger partial charge is 0.480 e. The Bertz CT molecular complexity index is 258. The molecule has 2 amide bonds. The monoisotopic (exact) mass is 246 g/mol. The Balaban J connectivity index is 4.25. The van der Waals surface area contributed by atoms with E-state index in [9.17, 15) is 9.59 Å². The zero-order chi connectivity index (χ0) is 13.4. The Morgan fingerprint density at radius 1 is 1.41 bits per heavy atom. The number of nitrogens with zero attached hydrogens (tertiary/aromatic N) is 1. The molecule has 1 unspecified atom stereocenters. The first-order valence-electron chi connectivity index (χ1n) is 5.77. The van der Waals surface area contributed by atoms with Crippen LogP contribution in [0, 0.1) is 5.92 Å². The lowest BCUT2D eigenvalue weighted by atomic mass is 10.1. The topological polar surface area (TPSA) is 89.9 Å². The SMILES string of the molecule is CCC(C)CN(C)C(=O)N[C@@H](CCO)C(=O)O. The van der Waals surface area contributed by atoms with Gasteiger partial charge in [-0.25, -0.2) is 9.59 Å². The normalized spacial score (nSPS) is 13.9. The van der Waals surface area contributed by atoms with Gasteiger partial charge >= 0.3 is 12.0 Å². The number of urea groups is 1. The summed E-state index contributed by atoms with van der Waals surface area (Å²) in [5.41, 5.74) is 0. The van der Waals surface area contributed by atoms with E-state index in [2.05, 4.69) is 5.32 Å². The Hall–Kier alpha value is -1.30. The lowest BCUT2D eigenvalue weighted by molar-refractivity contribution is -0.139. The van der Waals surface area contributed by atoms with Gasteiger partial charge in [-0.2, -0.15) is 0 Å². The molecule has 100 valence electrons. The van der Waals surface area contributed by atoms with E-state index in [1.54, 1.807) is 7.05 Å². The summed E-state index contributed by atoms with van der Waals surface area (Å²) in [6.07, 6.45) is 0.967. The number of hydrogen-bond acceptors (Lipinski definition) is 3. The molecule has 17 heavy (non-hydrogen) atoms. The highest BCUT2D eigenvalue weighted by Gasteiger charge is 2.21. The number of hydrogen-bond donors (Lipinski definition) is 3. The van der Waals surface area contributed by atoms with Crippen molar-refractivity contribution in [2.45, 2.75) is 32.7 Å². The predicted molar refractivity (Wildman–Crippen MR) is 63.7 cm³/mol. The third kappa shape index (κ3) is 6.11. The number of nitrogens with one attached hydrogen (secondary N) is 1. The van der Waals surface area contributed by atoms with Crippen LogP contribution in [0.3, 0.4) is 0 Å². The number of carboxylic acid groups (broad SMARTS) is 1. The van der Waals surface area contributed by atoms with Crippen LogP contribution in [0.15, 0.2) is 0 Å². The van der Waals surface area contributed by atoms with Crippen LogP contribution in [0.2, 0.25) is 0 Å². The summed E-state index contributed by atoms with van der Waals surface area (Å²) >= 11 is 0. The van der Waals surface area contributed by atoms with Gasteiger partial charge in [0.05, 0.1) is 0 Å². The fraction of sp³-hybridized carbons (Fsp3) is 0.818. The molecule has 0 aliphatic carbocycles. The standard InChI is InChI=1S/C11H22N2O4/c1-4-8(2)7-13(3)11(17)12-9(5-6-14)10(15)16/h8-9,14H,4-7H2,1-3H3,(H,12,17)(H,15,16)/t8?,9-/m0/s1. The number of aliphatic carboxylic acids is 1. The molecule has 0 aromatic rings. The van der Waals surface area contributed by atoms with Gasteiger partial charge in [-0.1, -0.05) is 20.3 Å². The van der Waals surface area contributed by atoms with Crippen LogP contribution in [-0.2, 0) is 4.79 Å². The summed E-state index contributed by atoms with van der Waals surface area (Å²) in [5, 5.41) is 19.9. The minimum atomic E-state index is -1.13. The van der Waals surface area contributed by atoms with Crippen molar-refractivity contribution in [2.75, 3.05) is 20.2 Å². The van der Waals surface area contributed by atoms with Crippen molar-refractivity contribution >= 4 is 12.0 Å². The van der Waals surface area contributed by atoms with E-state index in [-0.39, 0.29) is 13.0 Å². The van der Waals surface area contributed by atoms with Crippen LogP contribution in [0.4, 0.5) is 4.79 Å². The molecule has 6 nitrogen and oxygen atoms in total. The molecule has 0 aromatic carbocycles. The van der Waals surface area contributed by atoms with Crippen molar-refractivity contribution in [3.63, 3.8) is 0 Å². The van der Waals surface area contributed by atoms with Gasteiger partial charge in [-0.05, 0) is 5.92 Å². The average Bonchev–Trinajstić information content (AvgIpc) is 2.27. The first-order valence-corrected chi connectivity index (χ1v) is 5.77. The fourth-order valence-corrected chi connectivity index (χ4v) is 1.33. The maximum absolute atomic E-state index is 11.7. The average molecular weight is 246 g/mol. The minimum Gasteiger partial charge on any atom is -0.480 e. The number of aliphatic hydroxyl groups excluding tert-OH is 1. The molecular weight excluding hydrogens is 224 g/mol. The second-order valence-electron chi connectivity index (χ2n) is 4.25. The highest BCUT2D eigenvalue weighted by molar-refractivity contribution is 5.82. The van der Waals surface area contributed by atoms with Crippen molar-refractivity contribution in [1.29, 1.82) is 0 Å². The first-order chi connectivity index (χ1) is 7.92. The zero-order valence-electron chi connectivity index (χ0n) is 10.6. The summed E-state index contributed by atoms with van der Waals surface area (Å²) in [5.74, 6) is -0.767. The van der Waals surface area contributed by atoms with Crippen molar-refractivity contribution < 1.29 is 19.8 Å². The summed E-state index contributed by atoms with van der Waals surface area (Å²) < 4.78 is 0. The number of amides is 2. The molecule has 2 atom stereocenters. The Kier molecular flexibility index (Phi) is 7.29.